The Balaban J connectivity index is 1.59. The molecule has 0 unspecified atom stereocenters. The minimum atomic E-state index is -0.815. The van der Waals surface area contributed by atoms with Crippen molar-refractivity contribution in [2.24, 2.45) is 0 Å². The van der Waals surface area contributed by atoms with Gasteiger partial charge in [-0.2, -0.15) is 5.10 Å². The molecular weight excluding hydrogens is 547 g/mol. The van der Waals surface area contributed by atoms with E-state index in [4.69, 9.17) is 20.0 Å². The molecule has 42 heavy (non-hydrogen) atoms. The normalized spacial score (nSPS) is 12.4. The summed E-state index contributed by atoms with van der Waals surface area (Å²) in [5.74, 6) is -1.51. The second kappa shape index (κ2) is 10.3. The minimum Gasteiger partial charge on any atom is -0.488 e. The van der Waals surface area contributed by atoms with E-state index < -0.39 is 28.9 Å². The maximum Gasteiger partial charge on any atom is 0.203 e. The number of aromatic nitrogens is 4. The standard InChI is InChI=1S/C31H24F3N5O3/c1-15(2)41-22-12-9-18(13-21(22)34)27-26-30(35)36-14-37-31(26)39(38-27)16(3)29-24(17-7-10-19(32)11-8-17)28(40)25-20(33)5-4-6-23(25)42-29/h4-16H,1-3H3,(H2,35,36,37)/t16-/m1/s1. The smallest absolute Gasteiger partial charge is 0.203 e. The van der Waals surface area contributed by atoms with Crippen molar-refractivity contribution < 1.29 is 22.3 Å². The van der Waals surface area contributed by atoms with Gasteiger partial charge >= 0.3 is 0 Å². The lowest BCUT2D eigenvalue weighted by Gasteiger charge is -2.17. The SMILES string of the molecule is CC(C)Oc1ccc(-c2nn([C@H](C)c3oc4cccc(F)c4c(=O)c3-c3ccc(F)cc3)c3ncnc(N)c23)cc1F. The topological polar surface area (TPSA) is 109 Å². The van der Waals surface area contributed by atoms with E-state index in [1.165, 1.54) is 65.6 Å². The zero-order valence-electron chi connectivity index (χ0n) is 22.7. The number of rotatable bonds is 6. The van der Waals surface area contributed by atoms with Crippen molar-refractivity contribution in [3.05, 3.63) is 100 Å². The number of anilines is 1. The summed E-state index contributed by atoms with van der Waals surface area (Å²) in [5, 5.41) is 4.86. The van der Waals surface area contributed by atoms with Crippen LogP contribution in [-0.2, 0) is 0 Å². The van der Waals surface area contributed by atoms with Crippen molar-refractivity contribution >= 4 is 27.8 Å². The van der Waals surface area contributed by atoms with Crippen molar-refractivity contribution in [1.82, 2.24) is 19.7 Å². The van der Waals surface area contributed by atoms with E-state index in [9.17, 15) is 18.0 Å². The molecule has 1 atom stereocenters. The molecule has 3 aromatic heterocycles. The first-order chi connectivity index (χ1) is 20.1. The van der Waals surface area contributed by atoms with Crippen LogP contribution in [0.1, 0.15) is 32.6 Å². The van der Waals surface area contributed by atoms with Gasteiger partial charge in [0.25, 0.3) is 0 Å². The van der Waals surface area contributed by atoms with E-state index in [0.29, 0.717) is 27.9 Å². The highest BCUT2D eigenvalue weighted by atomic mass is 19.1. The molecule has 0 amide bonds. The lowest BCUT2D eigenvalue weighted by molar-refractivity contribution is 0.231. The molecule has 212 valence electrons. The van der Waals surface area contributed by atoms with Crippen LogP contribution in [0, 0.1) is 17.5 Å². The van der Waals surface area contributed by atoms with E-state index in [2.05, 4.69) is 9.97 Å². The van der Waals surface area contributed by atoms with Gasteiger partial charge in [0, 0.05) is 5.56 Å². The van der Waals surface area contributed by atoms with Gasteiger partial charge in [-0.25, -0.2) is 27.8 Å². The summed E-state index contributed by atoms with van der Waals surface area (Å²) in [6, 6.07) is 12.9. The summed E-state index contributed by atoms with van der Waals surface area (Å²) in [7, 11) is 0. The maximum absolute atomic E-state index is 15.0. The fourth-order valence-corrected chi connectivity index (χ4v) is 4.98. The molecule has 0 saturated carbocycles. The third-order valence-corrected chi connectivity index (χ3v) is 6.86. The highest BCUT2D eigenvalue weighted by Crippen LogP contribution is 2.37. The van der Waals surface area contributed by atoms with Gasteiger partial charge in [-0.3, -0.25) is 4.79 Å². The molecule has 2 N–H and O–H groups in total. The van der Waals surface area contributed by atoms with Crippen LogP contribution in [0.5, 0.6) is 5.75 Å². The Morgan fingerprint density at radius 3 is 2.36 bits per heavy atom. The van der Waals surface area contributed by atoms with Gasteiger partial charge < -0.3 is 14.9 Å². The maximum atomic E-state index is 15.0. The number of hydrogen-bond acceptors (Lipinski definition) is 7. The summed E-state index contributed by atoms with van der Waals surface area (Å²) in [5.41, 5.74) is 6.99. The third-order valence-electron chi connectivity index (χ3n) is 6.86. The van der Waals surface area contributed by atoms with Crippen LogP contribution in [0.2, 0.25) is 0 Å². The molecule has 0 bridgehead atoms. The minimum absolute atomic E-state index is 0.0290. The van der Waals surface area contributed by atoms with E-state index in [1.54, 1.807) is 26.8 Å². The van der Waals surface area contributed by atoms with Gasteiger partial charge in [-0.15, -0.1) is 0 Å². The fourth-order valence-electron chi connectivity index (χ4n) is 4.98. The van der Waals surface area contributed by atoms with Crippen molar-refractivity contribution in [1.29, 1.82) is 0 Å². The lowest BCUT2D eigenvalue weighted by Crippen LogP contribution is -2.17. The summed E-state index contributed by atoms with van der Waals surface area (Å²) >= 11 is 0. The first kappa shape index (κ1) is 27.0. The molecule has 8 nitrogen and oxygen atoms in total. The summed E-state index contributed by atoms with van der Waals surface area (Å²) in [6.07, 6.45) is 1.04. The van der Waals surface area contributed by atoms with Gasteiger partial charge in [-0.05, 0) is 68.8 Å². The second-order valence-electron chi connectivity index (χ2n) is 10.0. The van der Waals surface area contributed by atoms with Crippen LogP contribution in [0.3, 0.4) is 0 Å². The van der Waals surface area contributed by atoms with Crippen molar-refractivity contribution in [3.63, 3.8) is 0 Å². The third kappa shape index (κ3) is 4.52. The average molecular weight is 572 g/mol. The molecule has 0 aliphatic carbocycles. The van der Waals surface area contributed by atoms with Crippen molar-refractivity contribution in [3.8, 4) is 28.1 Å². The average Bonchev–Trinajstić information content (AvgIpc) is 3.35. The summed E-state index contributed by atoms with van der Waals surface area (Å²) < 4.78 is 56.8. The van der Waals surface area contributed by atoms with E-state index >= 15 is 0 Å². The second-order valence-corrected chi connectivity index (χ2v) is 10.0. The molecule has 11 heteroatoms. The quantitative estimate of drug-likeness (QED) is 0.238. The van der Waals surface area contributed by atoms with Gasteiger partial charge in [0.2, 0.25) is 5.43 Å². The zero-order valence-corrected chi connectivity index (χ0v) is 22.7. The molecule has 0 aliphatic heterocycles. The molecule has 0 aliphatic rings. The Hall–Kier alpha value is -5.19. The largest absolute Gasteiger partial charge is 0.488 e. The Bertz CT molecular complexity index is 2040. The molecule has 6 aromatic rings. The molecule has 0 saturated heterocycles. The van der Waals surface area contributed by atoms with E-state index in [-0.39, 0.29) is 40.0 Å². The number of nitrogens with two attached hydrogens (primary N) is 1. The number of nitrogens with zero attached hydrogens (tertiary/aromatic N) is 4. The predicted octanol–water partition coefficient (Wildman–Crippen LogP) is 6.66. The number of fused-ring (bicyclic) bond motifs is 2. The molecule has 3 heterocycles. The fraction of sp³-hybridized carbons (Fsp3) is 0.161. The first-order valence-corrected chi connectivity index (χ1v) is 13.1. The van der Waals surface area contributed by atoms with Crippen LogP contribution >= 0.6 is 0 Å². The number of halogens is 3. The highest BCUT2D eigenvalue weighted by Gasteiger charge is 2.28. The molecule has 6 rings (SSSR count). The predicted molar refractivity (Wildman–Crippen MR) is 153 cm³/mol. The van der Waals surface area contributed by atoms with E-state index in [1.807, 2.05) is 0 Å². The molecule has 0 fully saturated rings. The summed E-state index contributed by atoms with van der Waals surface area (Å²) in [4.78, 5) is 22.2. The molecule has 0 radical (unpaired) electrons. The first-order valence-electron chi connectivity index (χ1n) is 13.1. The zero-order chi connectivity index (χ0) is 29.7. The monoisotopic (exact) mass is 571 g/mol. The number of hydrogen-bond donors (Lipinski definition) is 1. The Morgan fingerprint density at radius 2 is 1.64 bits per heavy atom. The van der Waals surface area contributed by atoms with Crippen LogP contribution in [-0.4, -0.2) is 25.9 Å². The summed E-state index contributed by atoms with van der Waals surface area (Å²) in [6.45, 7) is 5.30. The van der Waals surface area contributed by atoms with Crippen molar-refractivity contribution in [2.75, 3.05) is 5.73 Å². The Kier molecular flexibility index (Phi) is 6.64. The van der Waals surface area contributed by atoms with Gasteiger partial charge in [-0.1, -0.05) is 18.2 Å². The number of nitrogen functional groups attached to an aromatic ring is 1. The van der Waals surface area contributed by atoms with Gasteiger partial charge in [0.05, 0.1) is 17.1 Å². The van der Waals surface area contributed by atoms with Crippen LogP contribution in [0.4, 0.5) is 19.0 Å². The van der Waals surface area contributed by atoms with Crippen LogP contribution in [0.25, 0.3) is 44.4 Å². The highest BCUT2D eigenvalue weighted by molar-refractivity contribution is 5.98. The van der Waals surface area contributed by atoms with E-state index in [0.717, 1.165) is 0 Å². The molecule has 3 aromatic carbocycles. The lowest BCUT2D eigenvalue weighted by atomic mass is 9.99. The van der Waals surface area contributed by atoms with Gasteiger partial charge in [0.15, 0.2) is 17.2 Å². The Morgan fingerprint density at radius 1 is 0.905 bits per heavy atom. The molecule has 0 spiro atoms. The van der Waals surface area contributed by atoms with Crippen LogP contribution in [0.15, 0.2) is 76.2 Å². The van der Waals surface area contributed by atoms with Crippen molar-refractivity contribution in [2.45, 2.75) is 32.9 Å². The number of benzene rings is 3. The Labute approximate surface area is 237 Å². The molecular formula is C31H24F3N5O3. The number of ether oxygens (including phenoxy) is 1. The van der Waals surface area contributed by atoms with Gasteiger partial charge in [0.1, 0.15) is 52.2 Å². The van der Waals surface area contributed by atoms with Crippen LogP contribution < -0.4 is 15.9 Å².